The van der Waals surface area contributed by atoms with E-state index in [2.05, 4.69) is 30.5 Å². The van der Waals surface area contributed by atoms with E-state index in [1.54, 1.807) is 0 Å². The molecule has 3 saturated heterocycles. The van der Waals surface area contributed by atoms with E-state index < -0.39 is 30.0 Å². The molecule has 3 fully saturated rings. The van der Waals surface area contributed by atoms with Gasteiger partial charge in [-0.25, -0.2) is 18.3 Å². The molecule has 13 heteroatoms. The summed E-state index contributed by atoms with van der Waals surface area (Å²) in [6.45, 7) is 8.27. The van der Waals surface area contributed by atoms with Crippen LogP contribution in [0, 0.1) is 11.7 Å². The number of amides is 2. The number of halogens is 2. The van der Waals surface area contributed by atoms with Crippen molar-refractivity contribution in [2.24, 2.45) is 5.92 Å². The van der Waals surface area contributed by atoms with Crippen molar-refractivity contribution in [3.8, 4) is 0 Å². The third-order valence-electron chi connectivity index (χ3n) is 8.13. The zero-order valence-electron chi connectivity index (χ0n) is 21.8. The van der Waals surface area contributed by atoms with Gasteiger partial charge in [0.1, 0.15) is 11.7 Å². The lowest BCUT2D eigenvalue weighted by molar-refractivity contribution is -0.127. The van der Waals surface area contributed by atoms with Crippen molar-refractivity contribution in [2.75, 3.05) is 64.6 Å². The van der Waals surface area contributed by atoms with E-state index in [-0.39, 0.29) is 35.4 Å². The predicted molar refractivity (Wildman–Crippen MR) is 138 cm³/mol. The highest BCUT2D eigenvalue weighted by molar-refractivity contribution is 6.04. The van der Waals surface area contributed by atoms with Crippen LogP contribution in [0.25, 0.3) is 5.65 Å². The van der Waals surface area contributed by atoms with Gasteiger partial charge in [-0.15, -0.1) is 5.10 Å². The zero-order valence-corrected chi connectivity index (χ0v) is 21.8. The number of aromatic nitrogens is 3. The summed E-state index contributed by atoms with van der Waals surface area (Å²) in [5.41, 5.74) is 6.16. The molecule has 0 saturated carbocycles. The number of carbonyl (C=O) groups is 2. The summed E-state index contributed by atoms with van der Waals surface area (Å²) in [4.78, 5) is 36.4. The number of piperidine rings is 2. The molecule has 0 spiro atoms. The molecule has 2 aromatic rings. The van der Waals surface area contributed by atoms with Crippen LogP contribution in [0.3, 0.4) is 0 Å². The SMILES string of the molecule is CCN1CC(F)C(N2CCC(C(=O)NCCN3CCC3)CC2)C(NC(=O)c2c(N)nn3cc(F)cnc23)C1. The van der Waals surface area contributed by atoms with Gasteiger partial charge in [0.2, 0.25) is 5.91 Å². The monoisotopic (exact) mass is 533 g/mol. The van der Waals surface area contributed by atoms with Gasteiger partial charge < -0.3 is 21.3 Å². The molecular weight excluding hydrogens is 496 g/mol. The number of hydrogen-bond acceptors (Lipinski definition) is 8. The molecule has 4 N–H and O–H groups in total. The molecule has 0 aliphatic carbocycles. The molecule has 3 unspecified atom stereocenters. The molecule has 0 radical (unpaired) electrons. The number of alkyl halides is 1. The molecule has 3 atom stereocenters. The number of likely N-dealkylation sites (tertiary alicyclic amines) is 3. The van der Waals surface area contributed by atoms with E-state index in [1.807, 2.05) is 11.8 Å². The highest BCUT2D eigenvalue weighted by Crippen LogP contribution is 2.27. The van der Waals surface area contributed by atoms with Crippen molar-refractivity contribution in [1.82, 2.24) is 39.9 Å². The first-order chi connectivity index (χ1) is 18.3. The van der Waals surface area contributed by atoms with Gasteiger partial charge in [-0.2, -0.15) is 0 Å². The largest absolute Gasteiger partial charge is 0.381 e. The number of hydrogen-bond donors (Lipinski definition) is 3. The third kappa shape index (κ3) is 5.59. The van der Waals surface area contributed by atoms with Gasteiger partial charge in [0.25, 0.3) is 5.91 Å². The molecule has 3 aliphatic rings. The van der Waals surface area contributed by atoms with Gasteiger partial charge in [0.05, 0.1) is 24.5 Å². The molecule has 5 heterocycles. The maximum atomic E-state index is 15.6. The molecule has 208 valence electrons. The number of nitrogen functional groups attached to an aromatic ring is 1. The quantitative estimate of drug-likeness (QED) is 0.438. The van der Waals surface area contributed by atoms with Crippen molar-refractivity contribution < 1.29 is 18.4 Å². The van der Waals surface area contributed by atoms with Gasteiger partial charge in [-0.3, -0.25) is 19.4 Å². The Kier molecular flexibility index (Phi) is 8.05. The van der Waals surface area contributed by atoms with E-state index in [0.29, 0.717) is 45.6 Å². The minimum atomic E-state index is -1.18. The second-order valence-electron chi connectivity index (χ2n) is 10.5. The van der Waals surface area contributed by atoms with Crippen LogP contribution in [0.1, 0.15) is 36.5 Å². The standard InChI is InChI=1S/C25H37F2N9O2/c1-2-33-14-18(27)21(35-9-4-16(5-10-35)24(37)29-6-11-34-7-3-8-34)19(15-33)31-25(38)20-22(28)32-36-13-17(26)12-30-23(20)36/h12-13,16,18-19,21H,2-11,14-15H2,1H3,(H2,28,32)(H,29,37)(H,31,38). The summed E-state index contributed by atoms with van der Waals surface area (Å²) in [7, 11) is 0. The van der Waals surface area contributed by atoms with Gasteiger partial charge >= 0.3 is 0 Å². The summed E-state index contributed by atoms with van der Waals surface area (Å²) in [5, 5.41) is 10.0. The highest BCUT2D eigenvalue weighted by Gasteiger charge is 2.43. The first-order valence-corrected chi connectivity index (χ1v) is 13.5. The molecule has 3 aliphatic heterocycles. The third-order valence-corrected chi connectivity index (χ3v) is 8.13. The van der Waals surface area contributed by atoms with Gasteiger partial charge in [-0.05, 0) is 52.0 Å². The van der Waals surface area contributed by atoms with Crippen LogP contribution in [0.2, 0.25) is 0 Å². The lowest BCUT2D eigenvalue weighted by atomic mass is 9.90. The second-order valence-corrected chi connectivity index (χ2v) is 10.5. The summed E-state index contributed by atoms with van der Waals surface area (Å²) < 4.78 is 30.3. The zero-order chi connectivity index (χ0) is 26.8. The van der Waals surface area contributed by atoms with E-state index in [4.69, 9.17) is 5.73 Å². The van der Waals surface area contributed by atoms with Crippen molar-refractivity contribution in [1.29, 1.82) is 0 Å². The Morgan fingerprint density at radius 3 is 2.61 bits per heavy atom. The van der Waals surface area contributed by atoms with Gasteiger partial charge in [0, 0.05) is 32.1 Å². The molecule has 0 bridgehead atoms. The second kappa shape index (κ2) is 11.5. The van der Waals surface area contributed by atoms with E-state index in [9.17, 15) is 14.0 Å². The van der Waals surface area contributed by atoms with Crippen LogP contribution >= 0.6 is 0 Å². The Bertz CT molecular complexity index is 1150. The maximum absolute atomic E-state index is 15.6. The number of nitrogens with zero attached hydrogens (tertiary/aromatic N) is 6. The summed E-state index contributed by atoms with van der Waals surface area (Å²) >= 11 is 0. The number of fused-ring (bicyclic) bond motifs is 1. The van der Waals surface area contributed by atoms with E-state index in [0.717, 1.165) is 36.5 Å². The summed E-state index contributed by atoms with van der Waals surface area (Å²) in [5.74, 6) is -1.22. The van der Waals surface area contributed by atoms with Crippen LogP contribution in [0.4, 0.5) is 14.6 Å². The molecular formula is C25H37F2N9O2. The lowest BCUT2D eigenvalue weighted by Gasteiger charge is -2.47. The molecule has 2 amide bonds. The normalized spacial score (nSPS) is 25.8. The number of likely N-dealkylation sites (N-methyl/N-ethyl adjacent to an activating group) is 1. The minimum absolute atomic E-state index is 0.0430. The minimum Gasteiger partial charge on any atom is -0.381 e. The Labute approximate surface area is 220 Å². The molecule has 11 nitrogen and oxygen atoms in total. The number of nitrogens with one attached hydrogen (secondary N) is 2. The van der Waals surface area contributed by atoms with Crippen LogP contribution in [-0.4, -0.2) is 118 Å². The Hall–Kier alpha value is -2.90. The average Bonchev–Trinajstić information content (AvgIpc) is 3.20. The van der Waals surface area contributed by atoms with Crippen molar-refractivity contribution >= 4 is 23.3 Å². The molecule has 38 heavy (non-hydrogen) atoms. The number of nitrogens with two attached hydrogens (primary N) is 1. The van der Waals surface area contributed by atoms with Crippen LogP contribution in [0.5, 0.6) is 0 Å². The Morgan fingerprint density at radius 2 is 1.92 bits per heavy atom. The Balaban J connectivity index is 1.24. The van der Waals surface area contributed by atoms with E-state index >= 15 is 4.39 Å². The van der Waals surface area contributed by atoms with Crippen LogP contribution in [-0.2, 0) is 4.79 Å². The van der Waals surface area contributed by atoms with Gasteiger partial charge in [0.15, 0.2) is 17.3 Å². The summed E-state index contributed by atoms with van der Waals surface area (Å²) in [6, 6.07) is -1.05. The highest BCUT2D eigenvalue weighted by atomic mass is 19.1. The van der Waals surface area contributed by atoms with E-state index in [1.165, 1.54) is 6.42 Å². The van der Waals surface area contributed by atoms with Crippen molar-refractivity contribution in [3.63, 3.8) is 0 Å². The fourth-order valence-electron chi connectivity index (χ4n) is 5.87. The topological polar surface area (TPSA) is 124 Å². The lowest BCUT2D eigenvalue weighted by Crippen LogP contribution is -2.66. The molecule has 2 aromatic heterocycles. The number of anilines is 1. The van der Waals surface area contributed by atoms with Crippen LogP contribution < -0.4 is 16.4 Å². The number of carbonyl (C=O) groups excluding carboxylic acids is 2. The average molecular weight is 534 g/mol. The van der Waals surface area contributed by atoms with Crippen molar-refractivity contribution in [3.05, 3.63) is 23.8 Å². The first kappa shape index (κ1) is 26.7. The fourth-order valence-corrected chi connectivity index (χ4v) is 5.87. The van der Waals surface area contributed by atoms with Gasteiger partial charge in [-0.1, -0.05) is 6.92 Å². The fraction of sp³-hybridized carbons (Fsp3) is 0.680. The predicted octanol–water partition coefficient (Wildman–Crippen LogP) is 0.125. The van der Waals surface area contributed by atoms with Crippen molar-refractivity contribution in [2.45, 2.75) is 44.4 Å². The Morgan fingerprint density at radius 1 is 1.16 bits per heavy atom. The number of rotatable bonds is 8. The maximum Gasteiger partial charge on any atom is 0.259 e. The molecule has 5 rings (SSSR count). The first-order valence-electron chi connectivity index (χ1n) is 13.5. The smallest absolute Gasteiger partial charge is 0.259 e. The molecule has 0 aromatic carbocycles. The van der Waals surface area contributed by atoms with Crippen LogP contribution in [0.15, 0.2) is 12.4 Å². The summed E-state index contributed by atoms with van der Waals surface area (Å²) in [6.07, 6.45) is 3.44.